The number of anilines is 1. The van der Waals surface area contributed by atoms with Crippen molar-refractivity contribution in [3.05, 3.63) is 65.5 Å². The maximum atomic E-state index is 13.7. The monoisotopic (exact) mass is 354 g/mol. The summed E-state index contributed by atoms with van der Waals surface area (Å²) in [5.74, 6) is -0.747. The maximum Gasteiger partial charge on any atom is 0.416 e. The molecular weight excluding hydrogens is 336 g/mol. The number of benzene rings is 2. The number of halogens is 4. The van der Waals surface area contributed by atoms with Gasteiger partial charge in [0.1, 0.15) is 5.82 Å². The molecule has 0 aliphatic heterocycles. The predicted octanol–water partition coefficient (Wildman–Crippen LogP) is 4.30. The molecule has 0 bridgehead atoms. The van der Waals surface area contributed by atoms with Crippen molar-refractivity contribution < 1.29 is 22.4 Å². The van der Waals surface area contributed by atoms with Crippen molar-refractivity contribution in [1.82, 2.24) is 4.90 Å². The van der Waals surface area contributed by atoms with E-state index in [0.717, 1.165) is 12.1 Å². The molecule has 134 valence electrons. The lowest BCUT2D eigenvalue weighted by Gasteiger charge is -2.24. The first-order valence-corrected chi connectivity index (χ1v) is 7.60. The molecule has 1 atom stereocenters. The molecule has 0 spiro atoms. The fourth-order valence-electron chi connectivity index (χ4n) is 2.22. The molecule has 0 saturated heterocycles. The van der Waals surface area contributed by atoms with Gasteiger partial charge in [0.05, 0.1) is 11.6 Å². The third-order valence-corrected chi connectivity index (χ3v) is 3.90. The summed E-state index contributed by atoms with van der Waals surface area (Å²) in [5.41, 5.74) is -0.0569. The summed E-state index contributed by atoms with van der Waals surface area (Å²) in [6, 6.07) is 9.88. The van der Waals surface area contributed by atoms with Gasteiger partial charge >= 0.3 is 6.18 Å². The number of hydrogen-bond donors (Lipinski definition) is 1. The predicted molar refractivity (Wildman–Crippen MR) is 87.4 cm³/mol. The Hall–Kier alpha value is -2.41. The fourth-order valence-corrected chi connectivity index (χ4v) is 2.22. The van der Waals surface area contributed by atoms with E-state index in [1.165, 1.54) is 18.2 Å². The molecule has 0 fully saturated rings. The summed E-state index contributed by atoms with van der Waals surface area (Å²) in [4.78, 5) is 13.9. The Bertz CT molecular complexity index is 729. The van der Waals surface area contributed by atoms with Gasteiger partial charge in [0.25, 0.3) is 0 Å². The van der Waals surface area contributed by atoms with Crippen LogP contribution in [0, 0.1) is 5.82 Å². The number of hydrogen-bond acceptors (Lipinski definition) is 2. The van der Waals surface area contributed by atoms with Gasteiger partial charge in [-0.25, -0.2) is 4.39 Å². The molecule has 0 aliphatic carbocycles. The van der Waals surface area contributed by atoms with Gasteiger partial charge < -0.3 is 5.32 Å². The molecule has 2 rings (SSSR count). The van der Waals surface area contributed by atoms with E-state index in [0.29, 0.717) is 5.56 Å². The first-order valence-electron chi connectivity index (χ1n) is 7.60. The molecule has 2 aromatic rings. The van der Waals surface area contributed by atoms with E-state index in [2.05, 4.69) is 5.32 Å². The highest BCUT2D eigenvalue weighted by molar-refractivity contribution is 5.94. The second kappa shape index (κ2) is 7.65. The van der Waals surface area contributed by atoms with Gasteiger partial charge in [-0.05, 0) is 44.3 Å². The van der Waals surface area contributed by atoms with Crippen molar-refractivity contribution in [2.24, 2.45) is 0 Å². The number of carbonyl (C=O) groups excluding carboxylic acids is 1. The number of nitrogens with zero attached hydrogens (tertiary/aromatic N) is 1. The van der Waals surface area contributed by atoms with Crippen LogP contribution >= 0.6 is 0 Å². The Morgan fingerprint density at radius 1 is 1.12 bits per heavy atom. The number of alkyl halides is 3. The zero-order chi connectivity index (χ0) is 18.6. The van der Waals surface area contributed by atoms with Crippen LogP contribution in [0.3, 0.4) is 0 Å². The lowest BCUT2D eigenvalue weighted by molar-refractivity contribution is -0.137. The van der Waals surface area contributed by atoms with Crippen LogP contribution in [0.2, 0.25) is 0 Å². The minimum absolute atomic E-state index is 0.230. The average molecular weight is 354 g/mol. The van der Waals surface area contributed by atoms with Crippen molar-refractivity contribution in [3.63, 3.8) is 0 Å². The largest absolute Gasteiger partial charge is 0.416 e. The number of likely N-dealkylation sites (N-methyl/N-ethyl adjacent to an activating group) is 1. The standard InChI is InChI=1S/C18H18F4N2O/c1-12(24(2)11-13-5-3-4-6-16(13)19)17(25)23-15-9-7-14(8-10-15)18(20,21)22/h3-10,12H,11H2,1-2H3,(H,23,25)/t12-/m1/s1. The smallest absolute Gasteiger partial charge is 0.325 e. The van der Waals surface area contributed by atoms with Crippen LogP contribution in [0.5, 0.6) is 0 Å². The molecule has 1 amide bonds. The van der Waals surface area contributed by atoms with E-state index in [4.69, 9.17) is 0 Å². The molecule has 0 aromatic heterocycles. The summed E-state index contributed by atoms with van der Waals surface area (Å²) in [5, 5.41) is 2.56. The topological polar surface area (TPSA) is 32.3 Å². The molecular formula is C18H18F4N2O. The Balaban J connectivity index is 1.98. The summed E-state index contributed by atoms with van der Waals surface area (Å²) in [6.45, 7) is 1.87. The molecule has 2 aromatic carbocycles. The average Bonchev–Trinajstić information content (AvgIpc) is 2.55. The second-order valence-electron chi connectivity index (χ2n) is 5.75. The van der Waals surface area contributed by atoms with Crippen molar-refractivity contribution in [2.75, 3.05) is 12.4 Å². The van der Waals surface area contributed by atoms with Crippen LogP contribution in [0.1, 0.15) is 18.1 Å². The van der Waals surface area contributed by atoms with Gasteiger partial charge in [0.2, 0.25) is 5.91 Å². The summed E-state index contributed by atoms with van der Waals surface area (Å²) in [6.07, 6.45) is -4.42. The molecule has 1 N–H and O–H groups in total. The number of nitrogens with one attached hydrogen (secondary N) is 1. The van der Waals surface area contributed by atoms with E-state index in [-0.39, 0.29) is 18.0 Å². The molecule has 0 radical (unpaired) electrons. The highest BCUT2D eigenvalue weighted by atomic mass is 19.4. The normalized spacial score (nSPS) is 12.9. The lowest BCUT2D eigenvalue weighted by atomic mass is 10.1. The third-order valence-electron chi connectivity index (χ3n) is 3.90. The third kappa shape index (κ3) is 5.03. The van der Waals surface area contributed by atoms with Crippen LogP contribution in [0.4, 0.5) is 23.2 Å². The first-order chi connectivity index (χ1) is 11.7. The van der Waals surface area contributed by atoms with E-state index >= 15 is 0 Å². The maximum absolute atomic E-state index is 13.7. The number of carbonyl (C=O) groups is 1. The van der Waals surface area contributed by atoms with E-state index in [1.54, 1.807) is 37.1 Å². The quantitative estimate of drug-likeness (QED) is 0.812. The molecule has 3 nitrogen and oxygen atoms in total. The molecule has 0 unspecified atom stereocenters. The Kier molecular flexibility index (Phi) is 5.79. The van der Waals surface area contributed by atoms with Crippen molar-refractivity contribution in [2.45, 2.75) is 25.7 Å². The lowest BCUT2D eigenvalue weighted by Crippen LogP contribution is -2.39. The van der Waals surface area contributed by atoms with E-state index in [9.17, 15) is 22.4 Å². The number of amides is 1. The highest BCUT2D eigenvalue weighted by Gasteiger charge is 2.30. The van der Waals surface area contributed by atoms with Crippen LogP contribution in [0.25, 0.3) is 0 Å². The fraction of sp³-hybridized carbons (Fsp3) is 0.278. The van der Waals surface area contributed by atoms with Crippen LogP contribution in [-0.2, 0) is 17.5 Å². The van der Waals surface area contributed by atoms with Crippen molar-refractivity contribution in [3.8, 4) is 0 Å². The molecule has 25 heavy (non-hydrogen) atoms. The highest BCUT2D eigenvalue weighted by Crippen LogP contribution is 2.29. The Labute approximate surface area is 143 Å². The van der Waals surface area contributed by atoms with Gasteiger partial charge in [-0.15, -0.1) is 0 Å². The number of rotatable bonds is 5. The minimum atomic E-state index is -4.42. The molecule has 0 saturated carbocycles. The molecule has 0 aliphatic rings. The van der Waals surface area contributed by atoms with Gasteiger partial charge in [-0.3, -0.25) is 9.69 Å². The van der Waals surface area contributed by atoms with Gasteiger partial charge in [-0.2, -0.15) is 13.2 Å². The van der Waals surface area contributed by atoms with Crippen LogP contribution in [0.15, 0.2) is 48.5 Å². The zero-order valence-electron chi connectivity index (χ0n) is 13.8. The Morgan fingerprint density at radius 2 is 1.72 bits per heavy atom. The molecule has 0 heterocycles. The summed E-state index contributed by atoms with van der Waals surface area (Å²) in [7, 11) is 1.67. The zero-order valence-corrected chi connectivity index (χ0v) is 13.8. The molecule has 7 heteroatoms. The van der Waals surface area contributed by atoms with E-state index < -0.39 is 23.7 Å². The van der Waals surface area contributed by atoms with Crippen LogP contribution < -0.4 is 5.32 Å². The van der Waals surface area contributed by atoms with E-state index in [1.807, 2.05) is 0 Å². The summed E-state index contributed by atoms with van der Waals surface area (Å²) < 4.78 is 51.3. The summed E-state index contributed by atoms with van der Waals surface area (Å²) >= 11 is 0. The minimum Gasteiger partial charge on any atom is -0.325 e. The van der Waals surface area contributed by atoms with Crippen molar-refractivity contribution in [1.29, 1.82) is 0 Å². The van der Waals surface area contributed by atoms with Crippen molar-refractivity contribution >= 4 is 11.6 Å². The Morgan fingerprint density at radius 3 is 2.28 bits per heavy atom. The van der Waals surface area contributed by atoms with Gasteiger partial charge in [-0.1, -0.05) is 18.2 Å². The SMILES string of the molecule is C[C@H](C(=O)Nc1ccc(C(F)(F)F)cc1)N(C)Cc1ccccc1F. The van der Waals surface area contributed by atoms with Gasteiger partial charge in [0.15, 0.2) is 0 Å². The van der Waals surface area contributed by atoms with Gasteiger partial charge in [0, 0.05) is 17.8 Å². The van der Waals surface area contributed by atoms with Crippen LogP contribution in [-0.4, -0.2) is 23.9 Å². The second-order valence-corrected chi connectivity index (χ2v) is 5.75. The first kappa shape index (κ1) is 18.9.